The molecule has 2 aromatic carbocycles. The molecule has 7 heteroatoms. The molecule has 0 radical (unpaired) electrons. The third-order valence-electron chi connectivity index (χ3n) is 4.65. The first-order chi connectivity index (χ1) is 13.4. The second-order valence-corrected chi connectivity index (χ2v) is 6.77. The Morgan fingerprint density at radius 3 is 2.48 bits per heavy atom. The maximum absolute atomic E-state index is 12.6. The summed E-state index contributed by atoms with van der Waals surface area (Å²) in [5.41, 5.74) is 0.973. The highest BCUT2D eigenvalue weighted by molar-refractivity contribution is 5.85. The summed E-state index contributed by atoms with van der Waals surface area (Å²) >= 11 is 0. The number of nitrogens with one attached hydrogen (secondary N) is 1. The Balaban J connectivity index is 0.00000300. The van der Waals surface area contributed by atoms with E-state index in [2.05, 4.69) is 5.32 Å². The molecule has 3 nitrogen and oxygen atoms in total. The molecule has 2 aromatic rings. The second-order valence-electron chi connectivity index (χ2n) is 6.77. The van der Waals surface area contributed by atoms with Gasteiger partial charge in [0, 0.05) is 13.0 Å². The van der Waals surface area contributed by atoms with Gasteiger partial charge in [-0.05, 0) is 48.2 Å². The molecule has 1 atom stereocenters. The molecule has 0 unspecified atom stereocenters. The maximum Gasteiger partial charge on any atom is 0.416 e. The van der Waals surface area contributed by atoms with E-state index in [0.29, 0.717) is 24.2 Å². The summed E-state index contributed by atoms with van der Waals surface area (Å²) in [5.74, 6) is 0.823. The quantitative estimate of drug-likeness (QED) is 0.625. The van der Waals surface area contributed by atoms with Crippen molar-refractivity contribution in [2.75, 3.05) is 6.54 Å². The van der Waals surface area contributed by atoms with Crippen molar-refractivity contribution < 1.29 is 22.7 Å². The van der Waals surface area contributed by atoms with Crippen LogP contribution in [0.15, 0.2) is 60.7 Å². The lowest BCUT2D eigenvalue weighted by Gasteiger charge is -2.18. The van der Waals surface area contributed by atoms with Gasteiger partial charge in [0.25, 0.3) is 0 Å². The number of carbonyl (C=O) groups is 1. The Morgan fingerprint density at radius 1 is 1.07 bits per heavy atom. The largest absolute Gasteiger partial charge is 0.489 e. The number of hydrogen-bond acceptors (Lipinski definition) is 3. The van der Waals surface area contributed by atoms with Gasteiger partial charge in [-0.1, -0.05) is 36.4 Å². The number of Topliss-reactive ketones (excluding diaryl/α,β-unsaturated/α-hetero) is 1. The molecule has 0 saturated heterocycles. The molecule has 1 aliphatic heterocycles. The number of ether oxygens (including phenoxy) is 1. The predicted octanol–water partition coefficient (Wildman–Crippen LogP) is 5.13. The van der Waals surface area contributed by atoms with E-state index >= 15 is 0 Å². The average Bonchev–Trinajstić information content (AvgIpc) is 2.71. The number of rotatable bonds is 7. The van der Waals surface area contributed by atoms with E-state index in [-0.39, 0.29) is 30.8 Å². The number of carbonyl (C=O) groups excluding carboxylic acids is 1. The lowest BCUT2D eigenvalue weighted by molar-refractivity contribution is -0.137. The zero-order valence-electron chi connectivity index (χ0n) is 15.7. The van der Waals surface area contributed by atoms with Gasteiger partial charge < -0.3 is 10.1 Å². The van der Waals surface area contributed by atoms with Gasteiger partial charge in [0.05, 0.1) is 11.6 Å². The number of halogens is 4. The van der Waals surface area contributed by atoms with Gasteiger partial charge in [0.15, 0.2) is 0 Å². The minimum atomic E-state index is -4.34. The highest BCUT2D eigenvalue weighted by atomic mass is 35.5. The Labute approximate surface area is 174 Å². The van der Waals surface area contributed by atoms with Gasteiger partial charge in [-0.15, -0.1) is 12.4 Å². The molecule has 29 heavy (non-hydrogen) atoms. The van der Waals surface area contributed by atoms with Crippen molar-refractivity contribution in [1.29, 1.82) is 0 Å². The van der Waals surface area contributed by atoms with Crippen molar-refractivity contribution >= 4 is 18.2 Å². The molecule has 0 bridgehead atoms. The molecule has 1 N–H and O–H groups in total. The molecule has 1 aliphatic rings. The summed E-state index contributed by atoms with van der Waals surface area (Å²) in [5, 5.41) is 3.19. The molecule has 0 saturated carbocycles. The first kappa shape index (κ1) is 23.0. The molecule has 3 rings (SSSR count). The first-order valence-corrected chi connectivity index (χ1v) is 9.21. The topological polar surface area (TPSA) is 38.3 Å². The molecule has 156 valence electrons. The maximum atomic E-state index is 12.6. The van der Waals surface area contributed by atoms with E-state index in [1.807, 2.05) is 30.4 Å². The molecular formula is C22H23ClF3NO2. The van der Waals surface area contributed by atoms with Crippen molar-refractivity contribution in [3.05, 3.63) is 77.4 Å². The molecule has 1 heterocycles. The number of alkyl halides is 3. The van der Waals surface area contributed by atoms with E-state index in [0.717, 1.165) is 30.7 Å². The first-order valence-electron chi connectivity index (χ1n) is 9.21. The fraction of sp³-hybridized carbons (Fsp3) is 0.318. The van der Waals surface area contributed by atoms with Gasteiger partial charge in [-0.3, -0.25) is 4.79 Å². The van der Waals surface area contributed by atoms with E-state index in [1.54, 1.807) is 6.07 Å². The zero-order valence-corrected chi connectivity index (χ0v) is 16.6. The standard InChI is InChI=1S/C22H22F3NO2.ClH/c23-22(24,25)18-10-7-17(8-11-18)15-28-19-5-3-4-16(14-19)9-12-21(27)20-6-1-2-13-26-20;/h1-5,7-8,10-11,14,20,26H,6,9,12-13,15H2;1H/t20-;/m0./s1. The fourth-order valence-electron chi connectivity index (χ4n) is 3.04. The minimum Gasteiger partial charge on any atom is -0.489 e. The van der Waals surface area contributed by atoms with Crippen molar-refractivity contribution in [2.24, 2.45) is 0 Å². The van der Waals surface area contributed by atoms with Crippen LogP contribution in [0.2, 0.25) is 0 Å². The Morgan fingerprint density at radius 2 is 1.83 bits per heavy atom. The van der Waals surface area contributed by atoms with Crippen LogP contribution in [0.4, 0.5) is 13.2 Å². The van der Waals surface area contributed by atoms with E-state index in [9.17, 15) is 18.0 Å². The van der Waals surface area contributed by atoms with Crippen molar-refractivity contribution in [1.82, 2.24) is 5.32 Å². The number of aryl methyl sites for hydroxylation is 1. The fourth-order valence-corrected chi connectivity index (χ4v) is 3.04. The lowest BCUT2D eigenvalue weighted by Crippen LogP contribution is -2.38. The summed E-state index contributed by atoms with van der Waals surface area (Å²) in [6.07, 6.45) is 1.51. The van der Waals surface area contributed by atoms with Gasteiger partial charge >= 0.3 is 6.18 Å². The molecule has 0 amide bonds. The van der Waals surface area contributed by atoms with Gasteiger partial charge in [0.2, 0.25) is 0 Å². The summed E-state index contributed by atoms with van der Waals surface area (Å²) in [6.45, 7) is 0.905. The van der Waals surface area contributed by atoms with Gasteiger partial charge in [-0.25, -0.2) is 0 Å². The van der Waals surface area contributed by atoms with Crippen LogP contribution in [0, 0.1) is 0 Å². The Hall–Kier alpha value is -2.31. The number of hydrogen-bond donors (Lipinski definition) is 1. The van der Waals surface area contributed by atoms with E-state index in [4.69, 9.17) is 4.74 Å². The normalized spacial score (nSPS) is 16.2. The SMILES string of the molecule is Cl.O=C(CCc1cccc(OCc2ccc(C(F)(F)F)cc2)c1)[C@@H]1CC=CCN1. The third kappa shape index (κ3) is 6.91. The molecular weight excluding hydrogens is 403 g/mol. The summed E-state index contributed by atoms with van der Waals surface area (Å²) in [7, 11) is 0. The van der Waals surface area contributed by atoms with Crippen LogP contribution >= 0.6 is 12.4 Å². The van der Waals surface area contributed by atoms with Crippen molar-refractivity contribution in [2.45, 2.75) is 38.1 Å². The van der Waals surface area contributed by atoms with E-state index in [1.165, 1.54) is 12.1 Å². The third-order valence-corrected chi connectivity index (χ3v) is 4.65. The molecule has 0 aromatic heterocycles. The molecule has 0 aliphatic carbocycles. The molecule has 0 fully saturated rings. The highest BCUT2D eigenvalue weighted by Gasteiger charge is 2.29. The smallest absolute Gasteiger partial charge is 0.416 e. The highest BCUT2D eigenvalue weighted by Crippen LogP contribution is 2.29. The van der Waals surface area contributed by atoms with Crippen LogP contribution < -0.4 is 10.1 Å². The second kappa shape index (κ2) is 10.5. The zero-order chi connectivity index (χ0) is 20.0. The monoisotopic (exact) mass is 425 g/mol. The van der Waals surface area contributed by atoms with Crippen LogP contribution in [0.1, 0.15) is 29.5 Å². The summed E-state index contributed by atoms with van der Waals surface area (Å²) in [4.78, 5) is 12.3. The van der Waals surface area contributed by atoms with Crippen LogP contribution in [0.25, 0.3) is 0 Å². The van der Waals surface area contributed by atoms with Crippen molar-refractivity contribution in [3.63, 3.8) is 0 Å². The van der Waals surface area contributed by atoms with Crippen molar-refractivity contribution in [3.8, 4) is 5.75 Å². The van der Waals surface area contributed by atoms with Crippen LogP contribution in [-0.2, 0) is 24.0 Å². The average molecular weight is 426 g/mol. The van der Waals surface area contributed by atoms with Crippen LogP contribution in [0.3, 0.4) is 0 Å². The van der Waals surface area contributed by atoms with Crippen LogP contribution in [-0.4, -0.2) is 18.4 Å². The summed E-state index contributed by atoms with van der Waals surface area (Å²) < 4.78 is 43.5. The Kier molecular flexibility index (Phi) is 8.29. The van der Waals surface area contributed by atoms with Crippen LogP contribution in [0.5, 0.6) is 5.75 Å². The summed E-state index contributed by atoms with van der Waals surface area (Å²) in [6, 6.07) is 12.3. The van der Waals surface area contributed by atoms with Gasteiger partial charge in [0.1, 0.15) is 18.1 Å². The van der Waals surface area contributed by atoms with Gasteiger partial charge in [-0.2, -0.15) is 13.2 Å². The lowest BCUT2D eigenvalue weighted by atomic mass is 9.99. The predicted molar refractivity (Wildman–Crippen MR) is 108 cm³/mol. The number of benzene rings is 2. The number of ketones is 1. The minimum absolute atomic E-state index is 0. The Bertz CT molecular complexity index is 835. The van der Waals surface area contributed by atoms with E-state index < -0.39 is 11.7 Å². The molecule has 0 spiro atoms.